The van der Waals surface area contributed by atoms with Crippen molar-refractivity contribution in [3.05, 3.63) is 0 Å². The standard InChI is InChI=1S/C9H20O7.C6H14O5/c10-1-7(12)3-15-5-9(14)6-16-4-8(13)2-11;7-1-5(9)3-11-4-6(10)2-8/h7-14H,1-6H2;5-10H,1-4H2. The Labute approximate surface area is 157 Å². The minimum absolute atomic E-state index is 0.0342. The molecule has 0 saturated heterocycles. The van der Waals surface area contributed by atoms with Crippen molar-refractivity contribution in [1.29, 1.82) is 0 Å². The van der Waals surface area contributed by atoms with Crippen LogP contribution in [0.2, 0.25) is 0 Å². The first-order chi connectivity index (χ1) is 12.8. The second-order valence-electron chi connectivity index (χ2n) is 5.61. The fraction of sp³-hybridized carbons (Fsp3) is 1.00. The van der Waals surface area contributed by atoms with E-state index in [1.54, 1.807) is 0 Å². The first-order valence-electron chi connectivity index (χ1n) is 8.37. The Bertz CT molecular complexity index is 270. The molecule has 0 amide bonds. The van der Waals surface area contributed by atoms with Gasteiger partial charge in [0.1, 0.15) is 30.5 Å². The molecule has 12 nitrogen and oxygen atoms in total. The number of rotatable bonds is 16. The minimum Gasteiger partial charge on any atom is -0.394 e. The monoisotopic (exact) mass is 406 g/mol. The van der Waals surface area contributed by atoms with Crippen LogP contribution in [0.25, 0.3) is 0 Å². The summed E-state index contributed by atoms with van der Waals surface area (Å²) in [5, 5.41) is 78.1. The summed E-state index contributed by atoms with van der Waals surface area (Å²) in [6.07, 6.45) is -4.62. The van der Waals surface area contributed by atoms with Crippen LogP contribution < -0.4 is 0 Å². The van der Waals surface area contributed by atoms with Crippen molar-refractivity contribution in [2.45, 2.75) is 30.5 Å². The van der Waals surface area contributed by atoms with Gasteiger partial charge in [0.05, 0.1) is 66.1 Å². The van der Waals surface area contributed by atoms with Crippen molar-refractivity contribution in [2.75, 3.05) is 66.1 Å². The van der Waals surface area contributed by atoms with E-state index in [-0.39, 0.29) is 52.9 Å². The third-order valence-electron chi connectivity index (χ3n) is 2.70. The van der Waals surface area contributed by atoms with Gasteiger partial charge in [0.15, 0.2) is 0 Å². The summed E-state index contributed by atoms with van der Waals surface area (Å²) >= 11 is 0. The van der Waals surface area contributed by atoms with Crippen LogP contribution in [-0.4, -0.2) is 143 Å². The van der Waals surface area contributed by atoms with Gasteiger partial charge in [-0.25, -0.2) is 0 Å². The van der Waals surface area contributed by atoms with Gasteiger partial charge in [-0.1, -0.05) is 0 Å². The Hall–Kier alpha value is -0.480. The molecule has 0 spiro atoms. The summed E-state index contributed by atoms with van der Waals surface area (Å²) < 4.78 is 14.5. The molecule has 12 heteroatoms. The lowest BCUT2D eigenvalue weighted by atomic mass is 10.4. The van der Waals surface area contributed by atoms with Crippen LogP contribution in [0.4, 0.5) is 0 Å². The van der Waals surface area contributed by atoms with E-state index >= 15 is 0 Å². The lowest BCUT2D eigenvalue weighted by Gasteiger charge is -2.14. The molecule has 0 bridgehead atoms. The molecule has 0 aliphatic rings. The largest absolute Gasteiger partial charge is 0.394 e. The van der Waals surface area contributed by atoms with E-state index in [0.717, 1.165) is 0 Å². The van der Waals surface area contributed by atoms with E-state index in [4.69, 9.17) is 55.1 Å². The summed E-state index contributed by atoms with van der Waals surface area (Å²) in [4.78, 5) is 0. The van der Waals surface area contributed by atoms with Gasteiger partial charge < -0.3 is 60.2 Å². The lowest BCUT2D eigenvalue weighted by Crippen LogP contribution is -2.28. The highest BCUT2D eigenvalue weighted by Gasteiger charge is 2.09. The lowest BCUT2D eigenvalue weighted by molar-refractivity contribution is -0.0627. The SMILES string of the molecule is OCC(O)COCC(O)CO.OCC(O)COCC(O)COCC(O)CO. The topological polar surface area (TPSA) is 210 Å². The van der Waals surface area contributed by atoms with Crippen molar-refractivity contribution in [1.82, 2.24) is 0 Å². The third kappa shape index (κ3) is 21.7. The van der Waals surface area contributed by atoms with E-state index in [1.165, 1.54) is 0 Å². The third-order valence-corrected chi connectivity index (χ3v) is 2.70. The Balaban J connectivity index is 0. The second kappa shape index (κ2) is 20.3. The zero-order chi connectivity index (χ0) is 21.1. The normalized spacial score (nSPS) is 16.8. The summed E-state index contributed by atoms with van der Waals surface area (Å²) in [5.74, 6) is 0. The molecular formula is C15H34O12. The average molecular weight is 406 g/mol. The Morgan fingerprint density at radius 3 is 0.741 bits per heavy atom. The van der Waals surface area contributed by atoms with E-state index in [2.05, 4.69) is 0 Å². The first-order valence-corrected chi connectivity index (χ1v) is 8.37. The smallest absolute Gasteiger partial charge is 0.101 e. The van der Waals surface area contributed by atoms with E-state index in [0.29, 0.717) is 0 Å². The van der Waals surface area contributed by atoms with Gasteiger partial charge in [0.2, 0.25) is 0 Å². The number of ether oxygens (including phenoxy) is 3. The van der Waals surface area contributed by atoms with Crippen LogP contribution in [0.15, 0.2) is 0 Å². The molecule has 0 aromatic heterocycles. The molecule has 0 saturated carbocycles. The Kier molecular flexibility index (Phi) is 21.6. The summed E-state index contributed by atoms with van der Waals surface area (Å²) in [6.45, 7) is -1.78. The van der Waals surface area contributed by atoms with Crippen LogP contribution in [-0.2, 0) is 14.2 Å². The maximum atomic E-state index is 9.28. The van der Waals surface area contributed by atoms with Gasteiger partial charge in [0.25, 0.3) is 0 Å². The zero-order valence-electron chi connectivity index (χ0n) is 15.2. The molecule has 0 heterocycles. The zero-order valence-corrected chi connectivity index (χ0v) is 15.2. The van der Waals surface area contributed by atoms with Crippen LogP contribution in [0.3, 0.4) is 0 Å². The van der Waals surface area contributed by atoms with Crippen molar-refractivity contribution >= 4 is 0 Å². The molecule has 4 unspecified atom stereocenters. The van der Waals surface area contributed by atoms with Crippen LogP contribution >= 0.6 is 0 Å². The Morgan fingerprint density at radius 2 is 0.556 bits per heavy atom. The van der Waals surface area contributed by atoms with Crippen molar-refractivity contribution in [3.63, 3.8) is 0 Å². The van der Waals surface area contributed by atoms with Crippen LogP contribution in [0.5, 0.6) is 0 Å². The highest BCUT2D eigenvalue weighted by atomic mass is 16.5. The number of hydrogen-bond acceptors (Lipinski definition) is 12. The van der Waals surface area contributed by atoms with Gasteiger partial charge in [-0.15, -0.1) is 0 Å². The molecule has 27 heavy (non-hydrogen) atoms. The second-order valence-corrected chi connectivity index (χ2v) is 5.61. The van der Waals surface area contributed by atoms with E-state index in [9.17, 15) is 5.11 Å². The molecule has 166 valence electrons. The average Bonchev–Trinajstić information content (AvgIpc) is 2.67. The van der Waals surface area contributed by atoms with Gasteiger partial charge in [-0.3, -0.25) is 0 Å². The molecule has 4 atom stereocenters. The van der Waals surface area contributed by atoms with Gasteiger partial charge >= 0.3 is 0 Å². The first kappa shape index (κ1) is 28.7. The van der Waals surface area contributed by atoms with E-state index < -0.39 is 43.7 Å². The molecule has 0 aliphatic carbocycles. The molecular weight excluding hydrogens is 372 g/mol. The van der Waals surface area contributed by atoms with Gasteiger partial charge in [0, 0.05) is 0 Å². The molecule has 0 aromatic rings. The summed E-state index contributed by atoms with van der Waals surface area (Å²) in [5.41, 5.74) is 0. The summed E-state index contributed by atoms with van der Waals surface area (Å²) in [6, 6.07) is 0. The predicted molar refractivity (Wildman–Crippen MR) is 90.8 cm³/mol. The van der Waals surface area contributed by atoms with E-state index in [1.807, 2.05) is 0 Å². The predicted octanol–water partition coefficient (Wildman–Crippen LogP) is -5.20. The van der Waals surface area contributed by atoms with Crippen LogP contribution in [0.1, 0.15) is 0 Å². The quantitative estimate of drug-likeness (QED) is 0.118. The molecule has 0 fully saturated rings. The van der Waals surface area contributed by atoms with Crippen molar-refractivity contribution in [3.8, 4) is 0 Å². The van der Waals surface area contributed by atoms with Gasteiger partial charge in [-0.2, -0.15) is 0 Å². The highest BCUT2D eigenvalue weighted by molar-refractivity contribution is 4.56. The van der Waals surface area contributed by atoms with Crippen molar-refractivity contribution in [2.24, 2.45) is 0 Å². The number of aliphatic hydroxyl groups is 9. The fourth-order valence-corrected chi connectivity index (χ4v) is 1.28. The highest BCUT2D eigenvalue weighted by Crippen LogP contribution is 1.92. The minimum atomic E-state index is -0.954. The molecule has 0 aromatic carbocycles. The molecule has 0 radical (unpaired) electrons. The van der Waals surface area contributed by atoms with Crippen molar-refractivity contribution < 1.29 is 60.2 Å². The fourth-order valence-electron chi connectivity index (χ4n) is 1.28. The van der Waals surface area contributed by atoms with Crippen LogP contribution in [0, 0.1) is 0 Å². The maximum absolute atomic E-state index is 9.28. The molecule has 9 N–H and O–H groups in total. The number of aliphatic hydroxyl groups excluding tert-OH is 9. The maximum Gasteiger partial charge on any atom is 0.101 e. The van der Waals surface area contributed by atoms with Gasteiger partial charge in [-0.05, 0) is 0 Å². The molecule has 0 aliphatic heterocycles. The summed E-state index contributed by atoms with van der Waals surface area (Å²) in [7, 11) is 0. The Morgan fingerprint density at radius 1 is 0.370 bits per heavy atom. The molecule has 0 rings (SSSR count). The number of hydrogen-bond donors (Lipinski definition) is 9.